The van der Waals surface area contributed by atoms with E-state index in [1.165, 1.54) is 12.5 Å². The Bertz CT molecular complexity index is 1030. The molecule has 42 heavy (non-hydrogen) atoms. The summed E-state index contributed by atoms with van der Waals surface area (Å²) in [6, 6.07) is 7.62. The van der Waals surface area contributed by atoms with Gasteiger partial charge in [-0.05, 0) is 38.4 Å². The molecule has 2 rings (SSSR count). The van der Waals surface area contributed by atoms with Gasteiger partial charge in [-0.3, -0.25) is 14.4 Å². The molecule has 9 heteroatoms. The lowest BCUT2D eigenvalue weighted by molar-refractivity contribution is -0.136. The summed E-state index contributed by atoms with van der Waals surface area (Å²) in [7, 11) is 5.57. The molecule has 0 aliphatic heterocycles. The molecule has 1 aliphatic rings. The van der Waals surface area contributed by atoms with Gasteiger partial charge in [0.15, 0.2) is 0 Å². The molecular weight excluding hydrogens is 532 g/mol. The number of nitrogens with one attached hydrogen (secondary N) is 2. The monoisotopic (exact) mass is 582 g/mol. The van der Waals surface area contributed by atoms with E-state index in [0.717, 1.165) is 31.2 Å². The quantitative estimate of drug-likeness (QED) is 0.165. The van der Waals surface area contributed by atoms with Gasteiger partial charge in [0.05, 0.1) is 18.1 Å². The van der Waals surface area contributed by atoms with Crippen LogP contribution in [0.1, 0.15) is 56.9 Å². The van der Waals surface area contributed by atoms with Crippen LogP contribution >= 0.6 is 0 Å². The molecule has 9 nitrogen and oxygen atoms in total. The van der Waals surface area contributed by atoms with Crippen molar-refractivity contribution < 1.29 is 24.6 Å². The second-order valence-corrected chi connectivity index (χ2v) is 11.8. The van der Waals surface area contributed by atoms with Crippen LogP contribution in [0.5, 0.6) is 0 Å². The summed E-state index contributed by atoms with van der Waals surface area (Å²) in [6.07, 6.45) is 10.4. The Balaban J connectivity index is 2.19. The van der Waals surface area contributed by atoms with Crippen molar-refractivity contribution in [2.24, 2.45) is 11.8 Å². The Hall–Kier alpha value is -3.19. The van der Waals surface area contributed by atoms with Gasteiger partial charge in [-0.15, -0.1) is 18.9 Å². The van der Waals surface area contributed by atoms with Gasteiger partial charge in [0.1, 0.15) is 12.1 Å². The molecule has 0 radical (unpaired) electrons. The number of benzene rings is 1. The third-order valence-electron chi connectivity index (χ3n) is 8.02. The number of nitrogens with zero attached hydrogens (tertiary/aromatic N) is 2. The van der Waals surface area contributed by atoms with Crippen LogP contribution in [0.3, 0.4) is 0 Å². The second-order valence-electron chi connectivity index (χ2n) is 11.8. The first-order chi connectivity index (χ1) is 20.0. The molecule has 4 N–H and O–H groups in total. The third kappa shape index (κ3) is 12.0. The summed E-state index contributed by atoms with van der Waals surface area (Å²) in [4.78, 5) is 43.7. The Morgan fingerprint density at radius 2 is 1.71 bits per heavy atom. The third-order valence-corrected chi connectivity index (χ3v) is 8.02. The summed E-state index contributed by atoms with van der Waals surface area (Å²) in [5.74, 6) is 0.901. The molecule has 1 fully saturated rings. The molecule has 232 valence electrons. The average Bonchev–Trinajstić information content (AvgIpc) is 2.98. The van der Waals surface area contributed by atoms with Crippen molar-refractivity contribution in [3.63, 3.8) is 0 Å². The predicted molar refractivity (Wildman–Crippen MR) is 165 cm³/mol. The zero-order chi connectivity index (χ0) is 31.1. The molecule has 5 atom stereocenters. The molecule has 1 aromatic rings. The lowest BCUT2D eigenvalue weighted by atomic mass is 9.83. The highest BCUT2D eigenvalue weighted by Crippen LogP contribution is 2.28. The van der Waals surface area contributed by atoms with Gasteiger partial charge in [-0.25, -0.2) is 0 Å². The van der Waals surface area contributed by atoms with Crippen LogP contribution in [-0.4, -0.2) is 96.3 Å². The summed E-state index contributed by atoms with van der Waals surface area (Å²) in [6.45, 7) is 4.78. The normalized spacial score (nSPS) is 17.3. The maximum absolute atomic E-state index is 13.6. The Labute approximate surface area is 251 Å². The van der Waals surface area contributed by atoms with Crippen molar-refractivity contribution in [1.29, 1.82) is 0 Å². The SMILES string of the molecule is C#CC[C@H](NC(=O)[C@H](CC(=O)N(C)CCN(C)C)Cc1ccccc1)C(=O)N[C@H](CC1CCCCC1)[C@@H](O)[C@H](O)C=C. The first-order valence-electron chi connectivity index (χ1n) is 15.0. The van der Waals surface area contributed by atoms with Gasteiger partial charge in [0.25, 0.3) is 0 Å². The number of hydrogen-bond donors (Lipinski definition) is 4. The van der Waals surface area contributed by atoms with E-state index >= 15 is 0 Å². The molecule has 0 bridgehead atoms. The topological polar surface area (TPSA) is 122 Å². The van der Waals surface area contributed by atoms with Gasteiger partial charge >= 0.3 is 0 Å². The molecule has 1 aromatic carbocycles. The maximum Gasteiger partial charge on any atom is 0.243 e. The van der Waals surface area contributed by atoms with Crippen LogP contribution in [0.15, 0.2) is 43.0 Å². The van der Waals surface area contributed by atoms with Gasteiger partial charge in [0, 0.05) is 33.0 Å². The standard InChI is InChI=1S/C33H50N4O5/c1-6-14-27(33(42)35-28(31(40)29(38)7-2)22-25-17-12-9-13-18-25)34-32(41)26(21-24-15-10-8-11-16-24)23-30(39)37(5)20-19-36(3)4/h1,7-8,10-11,15-16,25-29,31,38,40H,2,9,12-14,17-23H2,3-5H3,(H,34,41)(H,35,42)/t26-,27-,28+,29+,31+/m0/s1. The smallest absolute Gasteiger partial charge is 0.243 e. The van der Waals surface area contributed by atoms with E-state index in [1.807, 2.05) is 49.3 Å². The van der Waals surface area contributed by atoms with Crippen molar-refractivity contribution >= 4 is 17.7 Å². The van der Waals surface area contributed by atoms with Gasteiger partial charge < -0.3 is 30.6 Å². The fourth-order valence-electron chi connectivity index (χ4n) is 5.34. The van der Waals surface area contributed by atoms with E-state index in [9.17, 15) is 24.6 Å². The number of amides is 3. The molecule has 1 aliphatic carbocycles. The van der Waals surface area contributed by atoms with E-state index in [-0.39, 0.29) is 18.7 Å². The van der Waals surface area contributed by atoms with E-state index in [0.29, 0.717) is 31.8 Å². The molecule has 0 aromatic heterocycles. The van der Waals surface area contributed by atoms with E-state index in [2.05, 4.69) is 23.1 Å². The van der Waals surface area contributed by atoms with Crippen molar-refractivity contribution in [2.45, 2.75) is 82.1 Å². The molecule has 0 heterocycles. The fraction of sp³-hybridized carbons (Fsp3) is 0.606. The number of carbonyl (C=O) groups excluding carboxylic acids is 3. The van der Waals surface area contributed by atoms with Gasteiger partial charge in [-0.2, -0.15) is 0 Å². The average molecular weight is 583 g/mol. The van der Waals surface area contributed by atoms with Crippen LogP contribution in [0, 0.1) is 24.2 Å². The van der Waals surface area contributed by atoms with Gasteiger partial charge in [0.2, 0.25) is 17.7 Å². The van der Waals surface area contributed by atoms with Crippen molar-refractivity contribution in [3.05, 3.63) is 48.6 Å². The minimum Gasteiger partial charge on any atom is -0.388 e. The number of hydrogen-bond acceptors (Lipinski definition) is 6. The van der Waals surface area contributed by atoms with Crippen molar-refractivity contribution in [1.82, 2.24) is 20.4 Å². The van der Waals surface area contributed by atoms with Crippen molar-refractivity contribution in [2.75, 3.05) is 34.2 Å². The first kappa shape index (κ1) is 35.0. The lowest BCUT2D eigenvalue weighted by Gasteiger charge is -2.32. The number of carbonyl (C=O) groups is 3. The van der Waals surface area contributed by atoms with Crippen LogP contribution in [0.2, 0.25) is 0 Å². The molecule has 0 spiro atoms. The first-order valence-corrected chi connectivity index (χ1v) is 15.0. The van der Waals surface area contributed by atoms with Gasteiger partial charge in [-0.1, -0.05) is 68.5 Å². The maximum atomic E-state index is 13.6. The van der Waals surface area contributed by atoms with Crippen molar-refractivity contribution in [3.8, 4) is 12.3 Å². The Morgan fingerprint density at radius 3 is 2.31 bits per heavy atom. The summed E-state index contributed by atoms with van der Waals surface area (Å²) >= 11 is 0. The molecule has 0 saturated heterocycles. The highest BCUT2D eigenvalue weighted by molar-refractivity contribution is 5.91. The number of aliphatic hydroxyl groups excluding tert-OH is 2. The van der Waals surface area contributed by atoms with E-state index < -0.39 is 42.0 Å². The molecule has 3 amide bonds. The van der Waals surface area contributed by atoms with E-state index in [1.54, 1.807) is 11.9 Å². The summed E-state index contributed by atoms with van der Waals surface area (Å²) in [5.41, 5.74) is 0.897. The van der Waals surface area contributed by atoms with Crippen LogP contribution in [0.25, 0.3) is 0 Å². The van der Waals surface area contributed by atoms with E-state index in [4.69, 9.17) is 6.42 Å². The highest BCUT2D eigenvalue weighted by atomic mass is 16.3. The Morgan fingerprint density at radius 1 is 1.05 bits per heavy atom. The molecular formula is C33H50N4O5. The second kappa shape index (κ2) is 18.4. The highest BCUT2D eigenvalue weighted by Gasteiger charge is 2.33. The predicted octanol–water partition coefficient (Wildman–Crippen LogP) is 2.13. The molecule has 0 unspecified atom stereocenters. The summed E-state index contributed by atoms with van der Waals surface area (Å²) < 4.78 is 0. The minimum absolute atomic E-state index is 0.0242. The lowest BCUT2D eigenvalue weighted by Crippen LogP contribution is -2.55. The largest absolute Gasteiger partial charge is 0.388 e. The summed E-state index contributed by atoms with van der Waals surface area (Å²) in [5, 5.41) is 26.7. The number of likely N-dealkylation sites (N-methyl/N-ethyl adjacent to an activating group) is 2. The number of terminal acetylenes is 1. The number of aliphatic hydroxyl groups is 2. The Kier molecular flexibility index (Phi) is 15.3. The number of rotatable bonds is 17. The zero-order valence-electron chi connectivity index (χ0n) is 25.5. The fourth-order valence-corrected chi connectivity index (χ4v) is 5.34. The van der Waals surface area contributed by atoms with Crippen LogP contribution < -0.4 is 10.6 Å². The molecule has 1 saturated carbocycles. The zero-order valence-corrected chi connectivity index (χ0v) is 25.5. The van der Waals surface area contributed by atoms with Crippen LogP contribution in [-0.2, 0) is 20.8 Å². The van der Waals surface area contributed by atoms with Crippen LogP contribution in [0.4, 0.5) is 0 Å². The minimum atomic E-state index is -1.25.